The number of aliphatic carboxylic acids is 1. The molecule has 16 nitrogen and oxygen atoms in total. The number of ketones is 2. The standard InChI is InChI=1S/C30H40N8O8/c31-12-1-3-23(40)11-14-46-16-15-45-13-2-4-22(39)9-10-24(29(43)44)36-27(41)19-5-7-20(8-6-19)33-17-21-18-34-26-25(35-21)28(42)38-30(32)37-26/h5-8,18,24,33H,1-4,9-17,31H2,(H,36,41)(H,43,44)(H3,32,34,37,38,42). The molecule has 1 unspecified atom stereocenters. The van der Waals surface area contributed by atoms with Crippen LogP contribution < -0.4 is 27.7 Å². The highest BCUT2D eigenvalue weighted by molar-refractivity contribution is 5.97. The van der Waals surface area contributed by atoms with Gasteiger partial charge in [0.2, 0.25) is 5.95 Å². The number of carboxylic acids is 1. The number of Topliss-reactive ketones (excluding diaryl/α,β-unsaturated/α-hetero) is 2. The van der Waals surface area contributed by atoms with Gasteiger partial charge in [-0.3, -0.25) is 24.2 Å². The van der Waals surface area contributed by atoms with E-state index in [0.717, 1.165) is 0 Å². The third-order valence-electron chi connectivity index (χ3n) is 6.72. The number of anilines is 2. The number of carbonyl (C=O) groups excluding carboxylic acids is 3. The molecule has 3 rings (SSSR count). The Morgan fingerprint density at radius 2 is 1.61 bits per heavy atom. The van der Waals surface area contributed by atoms with Gasteiger partial charge in [-0.2, -0.15) is 4.98 Å². The maximum absolute atomic E-state index is 12.7. The summed E-state index contributed by atoms with van der Waals surface area (Å²) >= 11 is 0. The Labute approximate surface area is 264 Å². The molecule has 2 heterocycles. The number of hydrogen-bond donors (Lipinski definition) is 6. The van der Waals surface area contributed by atoms with E-state index in [2.05, 4.69) is 30.6 Å². The second-order valence-corrected chi connectivity index (χ2v) is 10.4. The number of rotatable bonds is 22. The van der Waals surface area contributed by atoms with Crippen molar-refractivity contribution in [1.82, 2.24) is 25.3 Å². The van der Waals surface area contributed by atoms with Crippen molar-refractivity contribution in [3.63, 3.8) is 0 Å². The summed E-state index contributed by atoms with van der Waals surface area (Å²) in [6.07, 6.45) is 3.59. The van der Waals surface area contributed by atoms with E-state index >= 15 is 0 Å². The number of ether oxygens (including phenoxy) is 2. The second-order valence-electron chi connectivity index (χ2n) is 10.4. The molecule has 1 atom stereocenters. The Morgan fingerprint density at radius 3 is 2.33 bits per heavy atom. The quantitative estimate of drug-likeness (QED) is 0.0836. The number of aromatic nitrogens is 4. The predicted octanol–water partition coefficient (Wildman–Crippen LogP) is 0.951. The van der Waals surface area contributed by atoms with E-state index in [1.54, 1.807) is 12.1 Å². The summed E-state index contributed by atoms with van der Waals surface area (Å²) in [6.45, 7) is 2.08. The molecule has 0 bridgehead atoms. The van der Waals surface area contributed by atoms with E-state index in [1.807, 2.05) is 0 Å². The minimum Gasteiger partial charge on any atom is -0.480 e. The van der Waals surface area contributed by atoms with Gasteiger partial charge in [-0.05, 0) is 50.1 Å². The minimum atomic E-state index is -1.24. The van der Waals surface area contributed by atoms with Crippen molar-refractivity contribution in [2.75, 3.05) is 44.0 Å². The molecule has 248 valence electrons. The van der Waals surface area contributed by atoms with Crippen LogP contribution in [0.2, 0.25) is 0 Å². The molecule has 0 saturated heterocycles. The van der Waals surface area contributed by atoms with Crippen LogP contribution in [0.15, 0.2) is 35.3 Å². The highest BCUT2D eigenvalue weighted by atomic mass is 16.5. The number of fused-ring (bicyclic) bond motifs is 1. The monoisotopic (exact) mass is 640 g/mol. The molecule has 0 aliphatic heterocycles. The first-order chi connectivity index (χ1) is 22.2. The molecule has 8 N–H and O–H groups in total. The van der Waals surface area contributed by atoms with Crippen molar-refractivity contribution in [2.45, 2.75) is 57.5 Å². The molecule has 0 radical (unpaired) electrons. The van der Waals surface area contributed by atoms with E-state index in [1.165, 1.54) is 18.3 Å². The Balaban J connectivity index is 1.33. The summed E-state index contributed by atoms with van der Waals surface area (Å²) in [5, 5.41) is 15.1. The number of benzene rings is 1. The molecule has 0 aliphatic rings. The van der Waals surface area contributed by atoms with Crippen LogP contribution in [-0.4, -0.2) is 87.5 Å². The molecule has 3 aromatic rings. The van der Waals surface area contributed by atoms with Crippen LogP contribution in [0.4, 0.5) is 11.6 Å². The number of nitrogens with zero attached hydrogens (tertiary/aromatic N) is 3. The topological polar surface area (TPSA) is 255 Å². The smallest absolute Gasteiger partial charge is 0.326 e. The fourth-order valence-corrected chi connectivity index (χ4v) is 4.22. The number of amides is 1. The Morgan fingerprint density at radius 1 is 0.913 bits per heavy atom. The molecule has 1 amide bonds. The van der Waals surface area contributed by atoms with Gasteiger partial charge >= 0.3 is 5.97 Å². The number of nitrogens with one attached hydrogen (secondary N) is 3. The fraction of sp³-hybridized carbons (Fsp3) is 0.467. The van der Waals surface area contributed by atoms with E-state index in [-0.39, 0.29) is 60.0 Å². The summed E-state index contributed by atoms with van der Waals surface area (Å²) < 4.78 is 10.8. The fourth-order valence-electron chi connectivity index (χ4n) is 4.22. The lowest BCUT2D eigenvalue weighted by Gasteiger charge is -2.14. The SMILES string of the molecule is NCCCC(=O)CCOCCOCCCC(=O)CCC(NC(=O)c1ccc(NCc2cnc3nc(N)[nH]c(=O)c3n2)cc1)C(=O)O. The predicted molar refractivity (Wildman–Crippen MR) is 168 cm³/mol. The highest BCUT2D eigenvalue weighted by Gasteiger charge is 2.21. The van der Waals surface area contributed by atoms with Gasteiger partial charge in [0.1, 0.15) is 17.6 Å². The Hall–Kier alpha value is -4.80. The van der Waals surface area contributed by atoms with Gasteiger partial charge in [0.25, 0.3) is 11.5 Å². The third kappa shape index (κ3) is 12.3. The van der Waals surface area contributed by atoms with Crippen molar-refractivity contribution in [1.29, 1.82) is 0 Å². The minimum absolute atomic E-state index is 0.00557. The Bertz CT molecular complexity index is 1530. The van der Waals surface area contributed by atoms with Gasteiger partial charge in [0, 0.05) is 43.5 Å². The number of hydrogen-bond acceptors (Lipinski definition) is 13. The molecule has 0 saturated carbocycles. The average Bonchev–Trinajstić information content (AvgIpc) is 3.03. The van der Waals surface area contributed by atoms with E-state index in [0.29, 0.717) is 70.0 Å². The van der Waals surface area contributed by atoms with Crippen LogP contribution in [-0.2, 0) is 30.4 Å². The summed E-state index contributed by atoms with van der Waals surface area (Å²) in [5.41, 5.74) is 11.9. The lowest BCUT2D eigenvalue weighted by molar-refractivity contribution is -0.139. The number of carboxylic acid groups (broad SMARTS) is 1. The molecule has 1 aromatic carbocycles. The van der Waals surface area contributed by atoms with Crippen molar-refractivity contribution >= 4 is 46.2 Å². The van der Waals surface area contributed by atoms with Gasteiger partial charge < -0.3 is 36.7 Å². The maximum Gasteiger partial charge on any atom is 0.326 e. The normalized spacial score (nSPS) is 11.7. The molecule has 16 heteroatoms. The summed E-state index contributed by atoms with van der Waals surface area (Å²) in [7, 11) is 0. The van der Waals surface area contributed by atoms with E-state index in [4.69, 9.17) is 20.9 Å². The van der Waals surface area contributed by atoms with Crippen LogP contribution in [0.1, 0.15) is 61.0 Å². The lowest BCUT2D eigenvalue weighted by atomic mass is 10.1. The Kier molecular flexibility index (Phi) is 14.6. The number of nitrogens with two attached hydrogens (primary N) is 2. The van der Waals surface area contributed by atoms with Crippen LogP contribution in [0, 0.1) is 0 Å². The molecule has 2 aromatic heterocycles. The number of H-pyrrole nitrogens is 1. The van der Waals surface area contributed by atoms with Gasteiger partial charge in [0.05, 0.1) is 38.3 Å². The first-order valence-corrected chi connectivity index (χ1v) is 14.9. The molecule has 0 aliphatic carbocycles. The molecule has 46 heavy (non-hydrogen) atoms. The zero-order valence-corrected chi connectivity index (χ0v) is 25.5. The molecular weight excluding hydrogens is 600 g/mol. The largest absolute Gasteiger partial charge is 0.480 e. The van der Waals surface area contributed by atoms with Gasteiger partial charge in [-0.1, -0.05) is 0 Å². The van der Waals surface area contributed by atoms with Gasteiger partial charge in [-0.25, -0.2) is 14.8 Å². The molecule has 0 spiro atoms. The second kappa shape index (κ2) is 18.9. The maximum atomic E-state index is 12.7. The zero-order valence-electron chi connectivity index (χ0n) is 25.5. The summed E-state index contributed by atoms with van der Waals surface area (Å²) in [5.74, 6) is -1.89. The van der Waals surface area contributed by atoms with E-state index < -0.39 is 23.5 Å². The van der Waals surface area contributed by atoms with Crippen LogP contribution in [0.5, 0.6) is 0 Å². The first-order valence-electron chi connectivity index (χ1n) is 14.9. The summed E-state index contributed by atoms with van der Waals surface area (Å²) in [6, 6.07) is 5.10. The average molecular weight is 641 g/mol. The third-order valence-corrected chi connectivity index (χ3v) is 6.72. The number of aromatic amines is 1. The summed E-state index contributed by atoms with van der Waals surface area (Å²) in [4.78, 5) is 74.9. The lowest BCUT2D eigenvalue weighted by Crippen LogP contribution is -2.41. The molecule has 0 fully saturated rings. The van der Waals surface area contributed by atoms with Gasteiger partial charge in [0.15, 0.2) is 11.2 Å². The van der Waals surface area contributed by atoms with Crippen molar-refractivity contribution in [3.05, 3.63) is 52.1 Å². The van der Waals surface area contributed by atoms with Gasteiger partial charge in [-0.15, -0.1) is 0 Å². The first kappa shape index (κ1) is 35.7. The zero-order chi connectivity index (χ0) is 33.3. The van der Waals surface area contributed by atoms with Crippen LogP contribution >= 0.6 is 0 Å². The molecular formula is C30H40N8O8. The van der Waals surface area contributed by atoms with Crippen molar-refractivity contribution in [2.24, 2.45) is 5.73 Å². The van der Waals surface area contributed by atoms with Crippen molar-refractivity contribution in [3.8, 4) is 0 Å². The highest BCUT2D eigenvalue weighted by Crippen LogP contribution is 2.13. The number of nitrogen functional groups attached to an aromatic ring is 1. The number of carbonyl (C=O) groups is 4. The van der Waals surface area contributed by atoms with E-state index in [9.17, 15) is 29.1 Å². The van der Waals surface area contributed by atoms with Crippen LogP contribution in [0.3, 0.4) is 0 Å². The van der Waals surface area contributed by atoms with Crippen LogP contribution in [0.25, 0.3) is 11.2 Å². The van der Waals surface area contributed by atoms with Crippen molar-refractivity contribution < 1.29 is 33.8 Å².